The highest BCUT2D eigenvalue weighted by Gasteiger charge is 2.59. The van der Waals surface area contributed by atoms with Crippen LogP contribution in [0.1, 0.15) is 83.7 Å². The van der Waals surface area contributed by atoms with Gasteiger partial charge in [0.2, 0.25) is 11.8 Å². The van der Waals surface area contributed by atoms with Gasteiger partial charge in [-0.25, -0.2) is 14.8 Å². The second-order valence-electron chi connectivity index (χ2n) is 17.5. The zero-order valence-electron chi connectivity index (χ0n) is 37.0. The topological polar surface area (TPSA) is 157 Å². The Balaban J connectivity index is 1.35. The number of cyclic esters (lactones) is 1. The number of rotatable bonds is 11. The molecule has 62 heavy (non-hydrogen) atoms. The molecule has 334 valence electrons. The van der Waals surface area contributed by atoms with Crippen LogP contribution in [-0.4, -0.2) is 114 Å². The lowest BCUT2D eigenvalue weighted by atomic mass is 9.84. The van der Waals surface area contributed by atoms with Gasteiger partial charge in [-0.15, -0.1) is 11.3 Å². The number of carbonyl (C=O) groups is 4. The van der Waals surface area contributed by atoms with E-state index < -0.39 is 59.4 Å². The molecule has 1 aromatic carbocycles. The molecule has 7 rings (SSSR count). The Bertz CT molecular complexity index is 2280. The SMILES string of the molecule is C=C/C(=C(\N=CC)[C@H](C)OC)c1c2c3cc(ccc3n1CC)-c1csc(n1)[C@@H](OCC)[C@H](NC(=O)[C@@H]1[C@@H](C)[C@H]1C(=O)N1CC(F)C1)C(=O)N1CCC[C@H](N1)C(=O)OCC(C)(C)C2. The predicted octanol–water partition coefficient (Wildman–Crippen LogP) is 6.05. The Hall–Kier alpha value is -4.77. The van der Waals surface area contributed by atoms with Gasteiger partial charge in [0.1, 0.15) is 29.4 Å². The molecule has 1 saturated carbocycles. The van der Waals surface area contributed by atoms with E-state index in [9.17, 15) is 23.6 Å². The third-order valence-corrected chi connectivity index (χ3v) is 13.5. The van der Waals surface area contributed by atoms with Crippen molar-refractivity contribution in [3.8, 4) is 11.3 Å². The Labute approximate surface area is 366 Å². The first kappa shape index (κ1) is 45.3. The minimum Gasteiger partial charge on any atom is -0.464 e. The third-order valence-electron chi connectivity index (χ3n) is 12.6. The number of alkyl halides is 1. The van der Waals surface area contributed by atoms with Crippen molar-refractivity contribution in [2.24, 2.45) is 28.2 Å². The molecule has 0 unspecified atom stereocenters. The van der Waals surface area contributed by atoms with Crippen molar-refractivity contribution in [1.82, 2.24) is 30.2 Å². The van der Waals surface area contributed by atoms with Gasteiger partial charge >= 0.3 is 5.97 Å². The first-order chi connectivity index (χ1) is 29.7. The fourth-order valence-corrected chi connectivity index (χ4v) is 10.1. The first-order valence-corrected chi connectivity index (χ1v) is 22.6. The van der Waals surface area contributed by atoms with Crippen LogP contribution in [0.2, 0.25) is 0 Å². The number of nitrogens with one attached hydrogen (secondary N) is 2. The van der Waals surface area contributed by atoms with Gasteiger partial charge in [0, 0.05) is 65.9 Å². The normalized spacial score (nSPS) is 26.4. The van der Waals surface area contributed by atoms with Crippen molar-refractivity contribution in [3.05, 3.63) is 58.2 Å². The Morgan fingerprint density at radius 3 is 2.65 bits per heavy atom. The molecule has 14 nitrogen and oxygen atoms in total. The van der Waals surface area contributed by atoms with Gasteiger partial charge < -0.3 is 29.0 Å². The molecule has 0 spiro atoms. The smallest absolute Gasteiger partial charge is 0.324 e. The number of aromatic nitrogens is 2. The number of nitrogens with zero attached hydrogens (tertiary/aromatic N) is 5. The van der Waals surface area contributed by atoms with Crippen LogP contribution >= 0.6 is 11.3 Å². The molecule has 3 amide bonds. The van der Waals surface area contributed by atoms with E-state index in [4.69, 9.17) is 24.2 Å². The maximum absolute atomic E-state index is 14.7. The van der Waals surface area contributed by atoms with E-state index in [2.05, 4.69) is 54.8 Å². The minimum atomic E-state index is -1.27. The van der Waals surface area contributed by atoms with Gasteiger partial charge in [-0.3, -0.25) is 29.2 Å². The number of hydrogen-bond acceptors (Lipinski definition) is 11. The number of aliphatic imine (C=N–C) groups is 1. The molecule has 4 aliphatic rings. The average Bonchev–Trinajstić information content (AvgIpc) is 3.54. The lowest BCUT2D eigenvalue weighted by molar-refractivity contribution is -0.156. The molecule has 2 N–H and O–H groups in total. The van der Waals surface area contributed by atoms with E-state index >= 15 is 0 Å². The zero-order chi connectivity index (χ0) is 44.6. The Morgan fingerprint density at radius 1 is 1.23 bits per heavy atom. The molecular weight excluding hydrogens is 814 g/mol. The number of thiazole rings is 1. The van der Waals surface area contributed by atoms with Crippen LogP contribution in [0.5, 0.6) is 0 Å². The second-order valence-corrected chi connectivity index (χ2v) is 18.4. The number of amides is 3. The van der Waals surface area contributed by atoms with Crippen LogP contribution in [0.3, 0.4) is 0 Å². The van der Waals surface area contributed by atoms with Crippen LogP contribution in [0.25, 0.3) is 27.7 Å². The van der Waals surface area contributed by atoms with Gasteiger partial charge in [0.25, 0.3) is 5.91 Å². The number of aryl methyl sites for hydroxylation is 1. The summed E-state index contributed by atoms with van der Waals surface area (Å²) in [5, 5.41) is 7.73. The summed E-state index contributed by atoms with van der Waals surface area (Å²) < 4.78 is 34.1. The summed E-state index contributed by atoms with van der Waals surface area (Å²) in [7, 11) is 1.66. The Morgan fingerprint density at radius 2 is 1.98 bits per heavy atom. The monoisotopic (exact) mass is 873 g/mol. The third kappa shape index (κ3) is 8.75. The lowest BCUT2D eigenvalue weighted by Gasteiger charge is -2.37. The van der Waals surface area contributed by atoms with E-state index in [1.807, 2.05) is 38.3 Å². The zero-order valence-corrected chi connectivity index (χ0v) is 37.9. The molecule has 16 heteroatoms. The van der Waals surface area contributed by atoms with Crippen molar-refractivity contribution >= 4 is 57.7 Å². The van der Waals surface area contributed by atoms with Crippen LogP contribution < -0.4 is 10.7 Å². The van der Waals surface area contributed by atoms with Gasteiger partial charge in [-0.05, 0) is 70.6 Å². The molecule has 5 heterocycles. The van der Waals surface area contributed by atoms with E-state index in [1.54, 1.807) is 20.2 Å². The first-order valence-electron chi connectivity index (χ1n) is 21.7. The summed E-state index contributed by atoms with van der Waals surface area (Å²) in [6.07, 6.45) is 2.66. The fraction of sp³-hybridized carbons (Fsp3) is 0.565. The van der Waals surface area contributed by atoms with Crippen LogP contribution in [0.15, 0.2) is 46.9 Å². The van der Waals surface area contributed by atoms with Gasteiger partial charge in [0.05, 0.1) is 54.7 Å². The number of fused-ring (bicyclic) bond motifs is 6. The number of hydrazine groups is 1. The van der Waals surface area contributed by atoms with Crippen LogP contribution in [0.4, 0.5) is 4.39 Å². The van der Waals surface area contributed by atoms with Crippen LogP contribution in [0, 0.1) is 23.2 Å². The number of esters is 1. The van der Waals surface area contributed by atoms with Crippen molar-refractivity contribution < 1.29 is 37.8 Å². The molecule has 3 aliphatic heterocycles. The second kappa shape index (κ2) is 18.5. The molecule has 6 bridgehead atoms. The number of methoxy groups -OCH3 is 1. The average molecular weight is 874 g/mol. The summed E-state index contributed by atoms with van der Waals surface area (Å²) in [6.45, 7) is 19.2. The fourth-order valence-electron chi connectivity index (χ4n) is 9.16. The van der Waals surface area contributed by atoms with Gasteiger partial charge in [-0.1, -0.05) is 39.5 Å². The number of benzene rings is 1. The summed E-state index contributed by atoms with van der Waals surface area (Å²) >= 11 is 1.32. The molecule has 1 aliphatic carbocycles. The molecule has 3 aromatic rings. The number of allylic oxidation sites excluding steroid dienone is 2. The number of likely N-dealkylation sites (tertiary alicyclic amines) is 1. The summed E-state index contributed by atoms with van der Waals surface area (Å²) in [6, 6.07) is 4.15. The molecule has 2 saturated heterocycles. The maximum atomic E-state index is 14.7. The summed E-state index contributed by atoms with van der Waals surface area (Å²) in [4.78, 5) is 67.2. The van der Waals surface area contributed by atoms with Crippen molar-refractivity contribution in [2.75, 3.05) is 40.0 Å². The van der Waals surface area contributed by atoms with E-state index in [1.165, 1.54) is 21.2 Å². The molecule has 2 aromatic heterocycles. The number of hydrogen-bond donors (Lipinski definition) is 2. The standard InChI is InChI=1S/C46H60FN7O7S/c1-10-29(37(48-11-2)26(6)59-9)39-31-20-46(7,8)24-61-45(58)32-15-14-18-54(51-32)44(57)38(50-41(55)35-25(5)36(35)43(56)52-21-28(47)22-52)40(60-13-4)42-49-33(23-62-42)27-16-17-34(30(31)19-27)53(39)12-3/h10-11,16-17,19,23,25-26,28,32,35-36,38,40,51H,1,12-15,18,20-22,24H2,2-9H3,(H,50,55)/b37-29+,48-11?/t25-,26+,32+,35-,36-,38+,40+/m1/s1. The number of halogens is 1. The largest absolute Gasteiger partial charge is 0.464 e. The lowest BCUT2D eigenvalue weighted by Crippen LogP contribution is -2.61. The van der Waals surface area contributed by atoms with E-state index in [0.29, 0.717) is 36.5 Å². The van der Waals surface area contributed by atoms with Gasteiger partial charge in [0.15, 0.2) is 0 Å². The van der Waals surface area contributed by atoms with Crippen molar-refractivity contribution in [2.45, 2.75) is 105 Å². The molecular formula is C46H60FN7O7S. The highest BCUT2D eigenvalue weighted by Crippen LogP contribution is 2.48. The van der Waals surface area contributed by atoms with E-state index in [0.717, 1.165) is 39.0 Å². The number of carbonyl (C=O) groups excluding carboxylic acids is 4. The predicted molar refractivity (Wildman–Crippen MR) is 237 cm³/mol. The quantitative estimate of drug-likeness (QED) is 0.133. The Kier molecular flexibility index (Phi) is 13.5. The van der Waals surface area contributed by atoms with Crippen molar-refractivity contribution in [3.63, 3.8) is 0 Å². The molecule has 0 radical (unpaired) electrons. The number of ether oxygens (including phenoxy) is 3. The highest BCUT2D eigenvalue weighted by atomic mass is 32.1. The summed E-state index contributed by atoms with van der Waals surface area (Å²) in [5.74, 6) is -3.33. The van der Waals surface area contributed by atoms with Crippen molar-refractivity contribution in [1.29, 1.82) is 0 Å². The van der Waals surface area contributed by atoms with Gasteiger partial charge in [-0.2, -0.15) is 0 Å². The highest BCUT2D eigenvalue weighted by molar-refractivity contribution is 7.10. The maximum Gasteiger partial charge on any atom is 0.324 e. The summed E-state index contributed by atoms with van der Waals surface area (Å²) in [5.41, 5.74) is 8.64. The van der Waals surface area contributed by atoms with E-state index in [-0.39, 0.29) is 50.8 Å². The molecule has 3 fully saturated rings. The minimum absolute atomic E-state index is 0.0212. The van der Waals surface area contributed by atoms with Crippen LogP contribution in [-0.2, 0) is 46.4 Å². The molecule has 7 atom stereocenters.